The predicted octanol–water partition coefficient (Wildman–Crippen LogP) is 2.69. The second-order valence-electron chi connectivity index (χ2n) is 3.97. The summed E-state index contributed by atoms with van der Waals surface area (Å²) in [4.78, 5) is 11.9. The summed E-state index contributed by atoms with van der Waals surface area (Å²) in [5.41, 5.74) is 7.54. The van der Waals surface area contributed by atoms with Crippen molar-refractivity contribution in [3.8, 4) is 0 Å². The Balaban J connectivity index is 2.54. The average Bonchev–Trinajstić information content (AvgIpc) is 2.71. The highest BCUT2D eigenvalue weighted by Crippen LogP contribution is 2.25. The molecule has 0 fully saturated rings. The van der Waals surface area contributed by atoms with E-state index in [0.717, 1.165) is 34.3 Å². The number of nitrogens with two attached hydrogens (primary N) is 1. The number of pyridine rings is 1. The van der Waals surface area contributed by atoms with E-state index in [9.17, 15) is 0 Å². The van der Waals surface area contributed by atoms with Crippen molar-refractivity contribution >= 4 is 27.1 Å². The summed E-state index contributed by atoms with van der Waals surface area (Å²) in [6.45, 7) is 4.14. The van der Waals surface area contributed by atoms with Gasteiger partial charge in [-0.15, -0.1) is 0 Å². The summed E-state index contributed by atoms with van der Waals surface area (Å²) in [6, 6.07) is 1.96. The summed E-state index contributed by atoms with van der Waals surface area (Å²) in [6.07, 6.45) is 3.44. The summed E-state index contributed by atoms with van der Waals surface area (Å²) in [5, 5.41) is 0. The molecule has 0 spiro atoms. The molecule has 2 aromatic heterocycles. The standard InChI is InChI=1S/C11H15BrN4/c1-3-11(13,4-2)10-15-8-5-7(12)6-14-9(8)16-10/h5-6H,3-4,13H2,1-2H3,(H,14,15,16). The zero-order valence-electron chi connectivity index (χ0n) is 9.42. The largest absolute Gasteiger partial charge is 0.339 e. The molecule has 0 saturated heterocycles. The van der Waals surface area contributed by atoms with E-state index in [0.29, 0.717) is 0 Å². The molecule has 2 aromatic rings. The van der Waals surface area contributed by atoms with Crippen LogP contribution in [0.25, 0.3) is 11.2 Å². The smallest absolute Gasteiger partial charge is 0.177 e. The third-order valence-corrected chi connectivity index (χ3v) is 3.47. The SMILES string of the molecule is CCC(N)(CC)c1nc2ncc(Br)cc2[nH]1. The van der Waals surface area contributed by atoms with Crippen molar-refractivity contribution in [1.82, 2.24) is 15.0 Å². The molecule has 0 saturated carbocycles. The van der Waals surface area contributed by atoms with Crippen molar-refractivity contribution in [1.29, 1.82) is 0 Å². The fraction of sp³-hybridized carbons (Fsp3) is 0.455. The molecule has 5 heteroatoms. The van der Waals surface area contributed by atoms with Gasteiger partial charge in [0.1, 0.15) is 5.82 Å². The van der Waals surface area contributed by atoms with Crippen LogP contribution in [0, 0.1) is 0 Å². The van der Waals surface area contributed by atoms with Crippen molar-refractivity contribution < 1.29 is 0 Å². The number of hydrogen-bond donors (Lipinski definition) is 2. The number of fused-ring (bicyclic) bond motifs is 1. The molecule has 2 rings (SSSR count). The summed E-state index contributed by atoms with van der Waals surface area (Å²) in [7, 11) is 0. The van der Waals surface area contributed by atoms with Crippen LogP contribution >= 0.6 is 15.9 Å². The van der Waals surface area contributed by atoms with Crippen LogP contribution in [-0.2, 0) is 5.54 Å². The number of rotatable bonds is 3. The quantitative estimate of drug-likeness (QED) is 0.910. The maximum absolute atomic E-state index is 6.29. The summed E-state index contributed by atoms with van der Waals surface area (Å²) in [5.74, 6) is 0.818. The number of hydrogen-bond acceptors (Lipinski definition) is 3. The van der Waals surface area contributed by atoms with Crippen LogP contribution in [0.3, 0.4) is 0 Å². The van der Waals surface area contributed by atoms with Gasteiger partial charge in [-0.2, -0.15) is 0 Å². The molecule has 0 radical (unpaired) electrons. The first-order valence-electron chi connectivity index (χ1n) is 5.39. The van der Waals surface area contributed by atoms with Gasteiger partial charge >= 0.3 is 0 Å². The van der Waals surface area contributed by atoms with Gasteiger partial charge in [0, 0.05) is 10.7 Å². The average molecular weight is 283 g/mol. The number of nitrogens with one attached hydrogen (secondary N) is 1. The Kier molecular flexibility index (Phi) is 2.99. The molecular weight excluding hydrogens is 268 g/mol. The van der Waals surface area contributed by atoms with E-state index in [1.807, 2.05) is 6.07 Å². The lowest BCUT2D eigenvalue weighted by Gasteiger charge is -2.23. The molecule has 0 atom stereocenters. The van der Waals surface area contributed by atoms with E-state index in [1.54, 1.807) is 6.20 Å². The molecule has 16 heavy (non-hydrogen) atoms. The minimum Gasteiger partial charge on any atom is -0.339 e. The Labute approximate surface area is 103 Å². The summed E-state index contributed by atoms with van der Waals surface area (Å²) >= 11 is 3.38. The second-order valence-corrected chi connectivity index (χ2v) is 4.89. The number of H-pyrrole nitrogens is 1. The summed E-state index contributed by atoms with van der Waals surface area (Å²) < 4.78 is 0.936. The monoisotopic (exact) mass is 282 g/mol. The van der Waals surface area contributed by atoms with Gasteiger partial charge in [0.2, 0.25) is 0 Å². The first kappa shape index (κ1) is 11.5. The number of imidazole rings is 1. The third-order valence-electron chi connectivity index (χ3n) is 3.04. The fourth-order valence-electron chi connectivity index (χ4n) is 1.70. The topological polar surface area (TPSA) is 67.6 Å². The zero-order valence-corrected chi connectivity index (χ0v) is 11.0. The number of aromatic nitrogens is 3. The van der Waals surface area contributed by atoms with E-state index in [4.69, 9.17) is 5.73 Å². The van der Waals surface area contributed by atoms with Gasteiger partial charge in [-0.1, -0.05) is 13.8 Å². The van der Waals surface area contributed by atoms with Crippen LogP contribution in [0.15, 0.2) is 16.7 Å². The van der Waals surface area contributed by atoms with Crippen molar-refractivity contribution in [2.24, 2.45) is 5.73 Å². The highest BCUT2D eigenvalue weighted by molar-refractivity contribution is 9.10. The lowest BCUT2D eigenvalue weighted by molar-refractivity contribution is 0.391. The van der Waals surface area contributed by atoms with E-state index in [2.05, 4.69) is 44.7 Å². The lowest BCUT2D eigenvalue weighted by Crippen LogP contribution is -2.36. The first-order chi connectivity index (χ1) is 7.59. The van der Waals surface area contributed by atoms with Crippen molar-refractivity contribution in [3.05, 3.63) is 22.6 Å². The van der Waals surface area contributed by atoms with E-state index in [-0.39, 0.29) is 5.54 Å². The van der Waals surface area contributed by atoms with Gasteiger partial charge in [-0.3, -0.25) is 0 Å². The van der Waals surface area contributed by atoms with Gasteiger partial charge in [0.25, 0.3) is 0 Å². The first-order valence-corrected chi connectivity index (χ1v) is 6.19. The van der Waals surface area contributed by atoms with Crippen LogP contribution in [0.1, 0.15) is 32.5 Å². The third kappa shape index (κ3) is 1.85. The van der Waals surface area contributed by atoms with Gasteiger partial charge in [0.15, 0.2) is 5.65 Å². The van der Waals surface area contributed by atoms with Gasteiger partial charge < -0.3 is 10.7 Å². The molecule has 0 bridgehead atoms. The Hall–Kier alpha value is -0.940. The molecule has 86 valence electrons. The van der Waals surface area contributed by atoms with Crippen LogP contribution in [-0.4, -0.2) is 15.0 Å². The van der Waals surface area contributed by atoms with Gasteiger partial charge in [-0.05, 0) is 34.8 Å². The van der Waals surface area contributed by atoms with Crippen LogP contribution < -0.4 is 5.73 Å². The van der Waals surface area contributed by atoms with Crippen molar-refractivity contribution in [2.45, 2.75) is 32.2 Å². The molecule has 0 aliphatic heterocycles. The lowest BCUT2D eigenvalue weighted by atomic mass is 9.93. The molecule has 0 aliphatic rings. The molecular formula is C11H15BrN4. The van der Waals surface area contributed by atoms with Crippen molar-refractivity contribution in [2.75, 3.05) is 0 Å². The fourth-order valence-corrected chi connectivity index (χ4v) is 2.03. The maximum atomic E-state index is 6.29. The van der Waals surface area contributed by atoms with Gasteiger partial charge in [-0.25, -0.2) is 9.97 Å². The van der Waals surface area contributed by atoms with Crippen LogP contribution in [0.2, 0.25) is 0 Å². The van der Waals surface area contributed by atoms with Crippen molar-refractivity contribution in [3.63, 3.8) is 0 Å². The Morgan fingerprint density at radius 3 is 2.75 bits per heavy atom. The number of nitrogens with zero attached hydrogens (tertiary/aromatic N) is 2. The predicted molar refractivity (Wildman–Crippen MR) is 68.0 cm³/mol. The van der Waals surface area contributed by atoms with Crippen LogP contribution in [0.5, 0.6) is 0 Å². The number of halogens is 1. The minimum absolute atomic E-state index is 0.382. The molecule has 0 aliphatic carbocycles. The molecule has 3 N–H and O–H groups in total. The van der Waals surface area contributed by atoms with Gasteiger partial charge in [0.05, 0.1) is 11.1 Å². The van der Waals surface area contributed by atoms with E-state index >= 15 is 0 Å². The maximum Gasteiger partial charge on any atom is 0.177 e. The molecule has 0 aromatic carbocycles. The Morgan fingerprint density at radius 1 is 1.44 bits per heavy atom. The highest BCUT2D eigenvalue weighted by Gasteiger charge is 2.26. The highest BCUT2D eigenvalue weighted by atomic mass is 79.9. The zero-order chi connectivity index (χ0) is 11.8. The van der Waals surface area contributed by atoms with Crippen LogP contribution in [0.4, 0.5) is 0 Å². The molecule has 4 nitrogen and oxygen atoms in total. The van der Waals surface area contributed by atoms with E-state index in [1.165, 1.54) is 0 Å². The number of aromatic amines is 1. The minimum atomic E-state index is -0.382. The second kappa shape index (κ2) is 4.14. The molecule has 0 unspecified atom stereocenters. The normalized spacial score (nSPS) is 12.2. The molecule has 0 amide bonds. The Bertz CT molecular complexity index is 502. The molecule has 2 heterocycles. The Morgan fingerprint density at radius 2 is 2.12 bits per heavy atom. The van der Waals surface area contributed by atoms with E-state index < -0.39 is 0 Å².